The maximum absolute atomic E-state index is 12.2. The fraction of sp³-hybridized carbons (Fsp3) is 0.438. The van der Waals surface area contributed by atoms with Gasteiger partial charge in [-0.2, -0.15) is 0 Å². The van der Waals surface area contributed by atoms with E-state index in [-0.39, 0.29) is 18.7 Å². The van der Waals surface area contributed by atoms with Crippen molar-refractivity contribution >= 4 is 17.8 Å². The highest BCUT2D eigenvalue weighted by molar-refractivity contribution is 5.87. The van der Waals surface area contributed by atoms with E-state index in [0.29, 0.717) is 6.42 Å². The second kappa shape index (κ2) is 10.4. The molecule has 6 heteroatoms. The molecule has 0 aliphatic rings. The van der Waals surface area contributed by atoms with Crippen LogP contribution in [0.5, 0.6) is 0 Å². The Hall–Kier alpha value is -2.37. The number of hydrogen-bond acceptors (Lipinski definition) is 3. The highest BCUT2D eigenvalue weighted by Gasteiger charge is 2.23. The van der Waals surface area contributed by atoms with E-state index >= 15 is 0 Å². The summed E-state index contributed by atoms with van der Waals surface area (Å²) in [6.07, 6.45) is 5.37. The van der Waals surface area contributed by atoms with Crippen LogP contribution < -0.4 is 10.6 Å². The summed E-state index contributed by atoms with van der Waals surface area (Å²) in [5, 5.41) is 14.1. The maximum atomic E-state index is 12.2. The minimum Gasteiger partial charge on any atom is -0.481 e. The van der Waals surface area contributed by atoms with E-state index in [1.165, 1.54) is 13.0 Å². The third kappa shape index (κ3) is 8.04. The molecule has 22 heavy (non-hydrogen) atoms. The Balaban J connectivity index is 4.96. The molecule has 0 saturated carbocycles. The number of amides is 2. The summed E-state index contributed by atoms with van der Waals surface area (Å²) in [6, 6.07) is -1.33. The summed E-state index contributed by atoms with van der Waals surface area (Å²) in [5.41, 5.74) is 0.839. The molecule has 0 radical (unpaired) electrons. The van der Waals surface area contributed by atoms with Gasteiger partial charge in [0.25, 0.3) is 0 Å². The van der Waals surface area contributed by atoms with Gasteiger partial charge in [0.15, 0.2) is 0 Å². The molecular weight excluding hydrogens is 284 g/mol. The normalized spacial score (nSPS) is 13.6. The lowest BCUT2D eigenvalue weighted by Crippen LogP contribution is -2.49. The van der Waals surface area contributed by atoms with Gasteiger partial charge in [-0.25, -0.2) is 0 Å². The lowest BCUT2D eigenvalue weighted by atomic mass is 10.0. The van der Waals surface area contributed by atoms with Gasteiger partial charge in [-0.15, -0.1) is 6.58 Å². The second-order valence-corrected chi connectivity index (χ2v) is 4.85. The van der Waals surface area contributed by atoms with E-state index in [1.54, 1.807) is 6.08 Å². The summed E-state index contributed by atoms with van der Waals surface area (Å²) in [6.45, 7) is 10.3. The topological polar surface area (TPSA) is 95.5 Å². The van der Waals surface area contributed by atoms with E-state index in [2.05, 4.69) is 23.8 Å². The Morgan fingerprint density at radius 3 is 2.23 bits per heavy atom. The Morgan fingerprint density at radius 2 is 1.82 bits per heavy atom. The van der Waals surface area contributed by atoms with Gasteiger partial charge in [0.2, 0.25) is 11.8 Å². The average molecular weight is 308 g/mol. The largest absolute Gasteiger partial charge is 0.481 e. The van der Waals surface area contributed by atoms with Gasteiger partial charge in [-0.3, -0.25) is 14.4 Å². The van der Waals surface area contributed by atoms with E-state index in [1.807, 2.05) is 13.0 Å². The molecule has 3 N–H and O–H groups in total. The number of carbonyl (C=O) groups excluding carboxylic acids is 2. The van der Waals surface area contributed by atoms with Crippen molar-refractivity contribution in [1.29, 1.82) is 0 Å². The highest BCUT2D eigenvalue weighted by Crippen LogP contribution is 2.10. The lowest BCUT2D eigenvalue weighted by Gasteiger charge is -2.22. The minimum absolute atomic E-state index is 0.211. The predicted molar refractivity (Wildman–Crippen MR) is 85.2 cm³/mol. The van der Waals surface area contributed by atoms with Crippen LogP contribution in [0.25, 0.3) is 0 Å². The number of carboxylic acids is 1. The van der Waals surface area contributed by atoms with Gasteiger partial charge in [0, 0.05) is 13.0 Å². The lowest BCUT2D eigenvalue weighted by molar-refractivity contribution is -0.138. The smallest absolute Gasteiger partial charge is 0.305 e. The van der Waals surface area contributed by atoms with Gasteiger partial charge in [0.05, 0.1) is 6.42 Å². The number of carbonyl (C=O) groups is 3. The van der Waals surface area contributed by atoms with Crippen LogP contribution >= 0.6 is 0 Å². The number of aliphatic carboxylic acids is 1. The molecule has 122 valence electrons. The first-order chi connectivity index (χ1) is 10.3. The molecule has 0 saturated heterocycles. The van der Waals surface area contributed by atoms with Crippen molar-refractivity contribution in [1.82, 2.24) is 10.6 Å². The van der Waals surface area contributed by atoms with E-state index in [0.717, 1.165) is 5.57 Å². The number of rotatable bonds is 10. The van der Waals surface area contributed by atoms with Crippen molar-refractivity contribution in [2.24, 2.45) is 0 Å². The minimum atomic E-state index is -1.01. The molecule has 0 aliphatic heterocycles. The van der Waals surface area contributed by atoms with Gasteiger partial charge >= 0.3 is 5.97 Å². The number of allylic oxidation sites excluding steroid dienone is 2. The van der Waals surface area contributed by atoms with Crippen molar-refractivity contribution < 1.29 is 19.5 Å². The second-order valence-electron chi connectivity index (χ2n) is 4.85. The third-order valence-corrected chi connectivity index (χ3v) is 2.98. The van der Waals surface area contributed by atoms with Gasteiger partial charge in [-0.1, -0.05) is 30.4 Å². The summed E-state index contributed by atoms with van der Waals surface area (Å²) in [7, 11) is 0. The van der Waals surface area contributed by atoms with Crippen molar-refractivity contribution in [3.05, 3.63) is 37.0 Å². The predicted octanol–water partition coefficient (Wildman–Crippen LogP) is 1.55. The van der Waals surface area contributed by atoms with Crippen LogP contribution in [-0.4, -0.2) is 35.0 Å². The summed E-state index contributed by atoms with van der Waals surface area (Å²) >= 11 is 0. The molecule has 0 aliphatic carbocycles. The highest BCUT2D eigenvalue weighted by atomic mass is 16.4. The zero-order chi connectivity index (χ0) is 17.1. The fourth-order valence-electron chi connectivity index (χ4n) is 1.93. The Morgan fingerprint density at radius 1 is 1.18 bits per heavy atom. The zero-order valence-electron chi connectivity index (χ0n) is 13.1. The van der Waals surface area contributed by atoms with Crippen LogP contribution in [-0.2, 0) is 14.4 Å². The molecular formula is C16H24N2O4. The number of carboxylic acid groups (broad SMARTS) is 1. The van der Waals surface area contributed by atoms with Crippen LogP contribution in [0.3, 0.4) is 0 Å². The Labute approximate surface area is 131 Å². The van der Waals surface area contributed by atoms with E-state index < -0.39 is 24.0 Å². The molecule has 0 rings (SSSR count). The molecule has 0 heterocycles. The monoisotopic (exact) mass is 308 g/mol. The zero-order valence-corrected chi connectivity index (χ0v) is 13.1. The molecule has 0 spiro atoms. The first-order valence-corrected chi connectivity index (χ1v) is 7.01. The van der Waals surface area contributed by atoms with Crippen molar-refractivity contribution in [3.63, 3.8) is 0 Å². The SMILES string of the molecule is C=CCC(NC(C)=O)C(=O)N[C@@H](CC(=O)O)CC(C=C)=CC. The van der Waals surface area contributed by atoms with Crippen LogP contribution in [0.1, 0.15) is 33.1 Å². The van der Waals surface area contributed by atoms with Crippen LogP contribution in [0, 0.1) is 0 Å². The molecule has 0 bridgehead atoms. The van der Waals surface area contributed by atoms with Gasteiger partial charge in [0.1, 0.15) is 6.04 Å². The van der Waals surface area contributed by atoms with Gasteiger partial charge < -0.3 is 15.7 Å². The maximum Gasteiger partial charge on any atom is 0.305 e. The van der Waals surface area contributed by atoms with Gasteiger partial charge in [-0.05, 0) is 19.8 Å². The van der Waals surface area contributed by atoms with Crippen LogP contribution in [0.2, 0.25) is 0 Å². The Kier molecular flexibility index (Phi) is 9.25. The molecule has 2 amide bonds. The summed E-state index contributed by atoms with van der Waals surface area (Å²) in [4.78, 5) is 34.3. The average Bonchev–Trinajstić information content (AvgIpc) is 2.42. The first-order valence-electron chi connectivity index (χ1n) is 7.01. The summed E-state index contributed by atoms with van der Waals surface area (Å²) < 4.78 is 0. The standard InChI is InChI=1S/C16H24N2O4/c1-5-8-14(17-11(4)19)16(22)18-13(10-15(20)21)9-12(6-2)7-3/h5-7,13-14H,1-2,8-10H2,3-4H3,(H,17,19)(H,18,22)(H,20,21)/t13-,14?/m1/s1. The molecule has 1 unspecified atom stereocenters. The first kappa shape index (κ1) is 19.6. The number of hydrogen-bond donors (Lipinski definition) is 3. The van der Waals surface area contributed by atoms with E-state index in [9.17, 15) is 14.4 Å². The van der Waals surface area contributed by atoms with Crippen LogP contribution in [0.4, 0.5) is 0 Å². The third-order valence-electron chi connectivity index (χ3n) is 2.98. The van der Waals surface area contributed by atoms with Crippen LogP contribution in [0.15, 0.2) is 37.0 Å². The van der Waals surface area contributed by atoms with Crippen molar-refractivity contribution in [2.45, 2.75) is 45.2 Å². The number of nitrogens with one attached hydrogen (secondary N) is 2. The molecule has 2 atom stereocenters. The van der Waals surface area contributed by atoms with Crippen molar-refractivity contribution in [2.75, 3.05) is 0 Å². The van der Waals surface area contributed by atoms with Crippen molar-refractivity contribution in [3.8, 4) is 0 Å². The molecule has 0 aromatic heterocycles. The molecule has 0 fully saturated rings. The Bertz CT molecular complexity index is 469. The quantitative estimate of drug-likeness (QED) is 0.421. The molecule has 0 aromatic carbocycles. The fourth-order valence-corrected chi connectivity index (χ4v) is 1.93. The summed E-state index contributed by atoms with van der Waals surface area (Å²) in [5.74, 6) is -1.78. The van der Waals surface area contributed by atoms with E-state index in [4.69, 9.17) is 5.11 Å². The molecule has 0 aromatic rings. The molecule has 6 nitrogen and oxygen atoms in total.